The third kappa shape index (κ3) is 10.1. The molecule has 0 aromatic heterocycles. The maximum Gasteiger partial charge on any atom is 0.184 e. The van der Waals surface area contributed by atoms with Gasteiger partial charge in [-0.3, -0.25) is 0 Å². The summed E-state index contributed by atoms with van der Waals surface area (Å²) in [5.41, 5.74) is 0. The van der Waals surface area contributed by atoms with Gasteiger partial charge in [0.1, 0.15) is 18.3 Å². The third-order valence-corrected chi connectivity index (χ3v) is 7.76. The van der Waals surface area contributed by atoms with E-state index in [1.165, 1.54) is 0 Å². The van der Waals surface area contributed by atoms with Crippen molar-refractivity contribution in [3.8, 4) is 0 Å². The van der Waals surface area contributed by atoms with E-state index in [4.69, 9.17) is 22.4 Å². The van der Waals surface area contributed by atoms with Crippen LogP contribution >= 0.6 is 0 Å². The topological polar surface area (TPSA) is 66.4 Å². The predicted molar refractivity (Wildman–Crippen MR) is 125 cm³/mol. The van der Waals surface area contributed by atoms with E-state index in [0.717, 1.165) is 0 Å². The Morgan fingerprint density at radius 1 is 0.714 bits per heavy atom. The van der Waals surface area contributed by atoms with Crippen molar-refractivity contribution in [1.82, 2.24) is 0 Å². The predicted octanol–water partition coefficient (Wildman–Crippen LogP) is 4.22. The van der Waals surface area contributed by atoms with Gasteiger partial charge < -0.3 is 27.5 Å². The number of aliphatic hydroxyl groups is 1. The van der Waals surface area contributed by atoms with Gasteiger partial charge in [-0.1, -0.05) is 0 Å². The minimum atomic E-state index is -1.91. The second-order valence-corrected chi connectivity index (χ2v) is 29.5. The highest BCUT2D eigenvalue weighted by molar-refractivity contribution is 6.71. The highest BCUT2D eigenvalue weighted by Gasteiger charge is 2.52. The zero-order valence-electron chi connectivity index (χ0n) is 20.1. The molecule has 28 heavy (non-hydrogen) atoms. The average molecular weight is 469 g/mol. The van der Waals surface area contributed by atoms with Gasteiger partial charge in [0.25, 0.3) is 0 Å². The van der Waals surface area contributed by atoms with Crippen LogP contribution in [0.5, 0.6) is 0 Å². The summed E-state index contributed by atoms with van der Waals surface area (Å²) in [4.78, 5) is 0. The van der Waals surface area contributed by atoms with Crippen molar-refractivity contribution in [2.75, 3.05) is 6.61 Å². The van der Waals surface area contributed by atoms with E-state index in [2.05, 4.69) is 78.6 Å². The molecule has 0 amide bonds. The number of ether oxygens (including phenoxy) is 1. The van der Waals surface area contributed by atoms with Crippen LogP contribution in [0.15, 0.2) is 0 Å². The second kappa shape index (κ2) is 9.41. The lowest BCUT2D eigenvalue weighted by molar-refractivity contribution is -0.144. The fourth-order valence-corrected chi connectivity index (χ4v) is 6.95. The molecule has 0 bridgehead atoms. The summed E-state index contributed by atoms with van der Waals surface area (Å²) in [6.07, 6.45) is -2.57. The normalized spacial score (nSPS) is 28.6. The van der Waals surface area contributed by atoms with Gasteiger partial charge in [-0.25, -0.2) is 0 Å². The number of hydrogen-bond donors (Lipinski definition) is 1. The zero-order chi connectivity index (χ0) is 22.1. The molecule has 0 aromatic carbocycles. The first kappa shape index (κ1) is 26.7. The standard InChI is InChI=1S/C18H44O6Si4/c1-25(2,3)20-13-14(22-26(4,5)6)15-16(23-27(7,8)9)17(18(19)21-15)24-28(10,11)12/h14-19H,13H2,1-12H3/t14-,15+,16+,17-,18+/m1/s1. The van der Waals surface area contributed by atoms with Crippen LogP contribution in [0.4, 0.5) is 0 Å². The monoisotopic (exact) mass is 468 g/mol. The van der Waals surface area contributed by atoms with Crippen LogP contribution in [0.3, 0.4) is 0 Å². The Morgan fingerprint density at radius 3 is 1.57 bits per heavy atom. The fraction of sp³-hybridized carbons (Fsp3) is 1.00. The number of aliphatic hydroxyl groups excluding tert-OH is 1. The molecular formula is C18H44O6Si4. The molecule has 0 saturated carbocycles. The van der Waals surface area contributed by atoms with Crippen LogP contribution in [-0.2, 0) is 22.4 Å². The third-order valence-electron chi connectivity index (χ3n) is 3.76. The van der Waals surface area contributed by atoms with Crippen molar-refractivity contribution < 1.29 is 27.5 Å². The van der Waals surface area contributed by atoms with E-state index >= 15 is 0 Å². The highest BCUT2D eigenvalue weighted by Crippen LogP contribution is 2.33. The molecule has 168 valence electrons. The largest absolute Gasteiger partial charge is 0.415 e. The van der Waals surface area contributed by atoms with Gasteiger partial charge in [0.15, 0.2) is 39.6 Å². The van der Waals surface area contributed by atoms with E-state index < -0.39 is 51.8 Å². The first-order chi connectivity index (χ1) is 12.3. The zero-order valence-corrected chi connectivity index (χ0v) is 24.1. The molecule has 0 aliphatic carbocycles. The highest BCUT2D eigenvalue weighted by atomic mass is 28.4. The summed E-state index contributed by atoms with van der Waals surface area (Å²) in [5.74, 6) is 0. The van der Waals surface area contributed by atoms with Crippen LogP contribution in [0.25, 0.3) is 0 Å². The summed E-state index contributed by atoms with van der Waals surface area (Å²) < 4.78 is 31.5. The van der Waals surface area contributed by atoms with Crippen LogP contribution < -0.4 is 0 Å². The van der Waals surface area contributed by atoms with E-state index in [-0.39, 0.29) is 12.2 Å². The number of rotatable bonds is 10. The van der Waals surface area contributed by atoms with Crippen molar-refractivity contribution in [1.29, 1.82) is 0 Å². The summed E-state index contributed by atoms with van der Waals surface area (Å²) >= 11 is 0. The van der Waals surface area contributed by atoms with Crippen molar-refractivity contribution in [3.63, 3.8) is 0 Å². The first-order valence-electron chi connectivity index (χ1n) is 10.3. The van der Waals surface area contributed by atoms with Crippen molar-refractivity contribution in [2.45, 2.75) is 109 Å². The quantitative estimate of drug-likeness (QED) is 0.484. The van der Waals surface area contributed by atoms with Crippen molar-refractivity contribution in [2.24, 2.45) is 0 Å². The molecule has 1 N–H and O–H groups in total. The first-order valence-corrected chi connectivity index (χ1v) is 23.9. The van der Waals surface area contributed by atoms with Crippen LogP contribution in [0.1, 0.15) is 0 Å². The minimum absolute atomic E-state index is 0.287. The molecule has 1 aliphatic heterocycles. The maximum atomic E-state index is 10.7. The maximum absolute atomic E-state index is 10.7. The van der Waals surface area contributed by atoms with Crippen LogP contribution in [0.2, 0.25) is 78.6 Å². The second-order valence-electron chi connectivity index (χ2n) is 11.6. The van der Waals surface area contributed by atoms with Crippen LogP contribution in [-0.4, -0.2) is 75.7 Å². The van der Waals surface area contributed by atoms with Gasteiger partial charge in [-0.05, 0) is 78.6 Å². The van der Waals surface area contributed by atoms with Crippen LogP contribution in [0, 0.1) is 0 Å². The van der Waals surface area contributed by atoms with E-state index in [0.29, 0.717) is 6.61 Å². The molecule has 6 nitrogen and oxygen atoms in total. The van der Waals surface area contributed by atoms with E-state index in [9.17, 15) is 5.11 Å². The Kier molecular flexibility index (Phi) is 8.96. The molecule has 1 fully saturated rings. The van der Waals surface area contributed by atoms with Gasteiger partial charge in [0.05, 0.1) is 12.7 Å². The molecule has 1 rings (SSSR count). The average Bonchev–Trinajstić information content (AvgIpc) is 2.66. The Balaban J connectivity index is 3.18. The smallest absolute Gasteiger partial charge is 0.184 e. The van der Waals surface area contributed by atoms with E-state index in [1.54, 1.807) is 0 Å². The van der Waals surface area contributed by atoms with Gasteiger partial charge in [-0.15, -0.1) is 0 Å². The van der Waals surface area contributed by atoms with Crippen molar-refractivity contribution in [3.05, 3.63) is 0 Å². The summed E-state index contributed by atoms with van der Waals surface area (Å²) in [7, 11) is -7.40. The Bertz CT molecular complexity index is 492. The molecule has 10 heteroatoms. The summed E-state index contributed by atoms with van der Waals surface area (Å²) in [5, 5.41) is 10.7. The summed E-state index contributed by atoms with van der Waals surface area (Å²) in [6.45, 7) is 26.2. The van der Waals surface area contributed by atoms with Crippen molar-refractivity contribution >= 4 is 33.3 Å². The Labute approximate surface area is 176 Å². The Hall–Kier alpha value is 0.628. The Morgan fingerprint density at radius 2 is 1.18 bits per heavy atom. The van der Waals surface area contributed by atoms with Gasteiger partial charge in [-0.2, -0.15) is 0 Å². The van der Waals surface area contributed by atoms with Gasteiger partial charge in [0, 0.05) is 0 Å². The number of hydrogen-bond acceptors (Lipinski definition) is 6. The van der Waals surface area contributed by atoms with E-state index in [1.807, 2.05) is 0 Å². The molecule has 5 atom stereocenters. The van der Waals surface area contributed by atoms with Gasteiger partial charge >= 0.3 is 0 Å². The molecular weight excluding hydrogens is 425 g/mol. The molecule has 0 spiro atoms. The SMILES string of the molecule is C[Si](C)(C)OC[C@@H](O[Si](C)(C)C)[C@@H]1O[C@H](O)[C@H](O[Si](C)(C)C)[C@H]1O[Si](C)(C)C. The fourth-order valence-electron chi connectivity index (χ4n) is 3.02. The summed E-state index contributed by atoms with van der Waals surface area (Å²) in [6, 6.07) is 0. The molecule has 1 heterocycles. The molecule has 1 aliphatic rings. The minimum Gasteiger partial charge on any atom is -0.415 e. The molecule has 0 unspecified atom stereocenters. The molecule has 0 aromatic rings. The van der Waals surface area contributed by atoms with Gasteiger partial charge in [0.2, 0.25) is 0 Å². The molecule has 1 saturated heterocycles. The lowest BCUT2D eigenvalue weighted by atomic mass is 10.1. The molecule has 0 radical (unpaired) electrons. The lowest BCUT2D eigenvalue weighted by Gasteiger charge is -2.37. The lowest BCUT2D eigenvalue weighted by Crippen LogP contribution is -2.53.